The van der Waals surface area contributed by atoms with Crippen LogP contribution in [0.4, 0.5) is 4.39 Å². The van der Waals surface area contributed by atoms with Crippen LogP contribution in [0, 0.1) is 5.82 Å². The minimum Gasteiger partial charge on any atom is -0.466 e. The van der Waals surface area contributed by atoms with Crippen molar-refractivity contribution in [2.75, 3.05) is 19.7 Å². The van der Waals surface area contributed by atoms with Gasteiger partial charge in [-0.3, -0.25) is 14.4 Å². The summed E-state index contributed by atoms with van der Waals surface area (Å²) in [5.74, 6) is -1.07. The number of aromatic nitrogens is 1. The van der Waals surface area contributed by atoms with Crippen LogP contribution in [0.5, 0.6) is 0 Å². The number of benzene rings is 2. The maximum atomic E-state index is 14.0. The average molecular weight is 563 g/mol. The Balaban J connectivity index is 1.34. The molecule has 1 saturated heterocycles. The van der Waals surface area contributed by atoms with Gasteiger partial charge in [-0.05, 0) is 86.3 Å². The summed E-state index contributed by atoms with van der Waals surface area (Å²) in [6, 6.07) is 11.9. The number of hydrogen-bond donors (Lipinski definition) is 3. The Morgan fingerprint density at radius 1 is 1.20 bits per heavy atom. The second-order valence-electron chi connectivity index (χ2n) is 12.1. The molecule has 1 fully saturated rings. The van der Waals surface area contributed by atoms with E-state index in [1.165, 1.54) is 23.3 Å². The van der Waals surface area contributed by atoms with Crippen LogP contribution in [-0.4, -0.2) is 58.9 Å². The van der Waals surface area contributed by atoms with E-state index in [0.29, 0.717) is 31.5 Å². The van der Waals surface area contributed by atoms with Crippen LogP contribution < -0.4 is 11.1 Å². The lowest BCUT2D eigenvalue weighted by molar-refractivity contribution is -0.143. The first-order valence-electron chi connectivity index (χ1n) is 14.4. The molecule has 2 amide bonds. The summed E-state index contributed by atoms with van der Waals surface area (Å²) in [6.45, 7) is 6.43. The molecule has 0 saturated carbocycles. The van der Waals surface area contributed by atoms with Gasteiger partial charge in [0.05, 0.1) is 18.6 Å². The van der Waals surface area contributed by atoms with E-state index in [4.69, 9.17) is 10.5 Å². The molecule has 218 valence electrons. The molecule has 1 aliphatic heterocycles. The van der Waals surface area contributed by atoms with Gasteiger partial charge in [-0.2, -0.15) is 0 Å². The number of nitrogens with two attached hydrogens (primary N) is 1. The first kappa shape index (κ1) is 28.8. The summed E-state index contributed by atoms with van der Waals surface area (Å²) >= 11 is 0. The lowest BCUT2D eigenvalue weighted by atomic mass is 9.73. The minimum atomic E-state index is -1.17. The molecule has 9 heteroatoms. The van der Waals surface area contributed by atoms with Crippen LogP contribution in [0.25, 0.3) is 10.9 Å². The molecular formula is C32H39FN4O4. The van der Waals surface area contributed by atoms with Crippen molar-refractivity contribution in [3.8, 4) is 0 Å². The Morgan fingerprint density at radius 2 is 1.93 bits per heavy atom. The number of nitrogens with zero attached hydrogens (tertiary/aromatic N) is 1. The van der Waals surface area contributed by atoms with Crippen molar-refractivity contribution in [2.45, 2.75) is 75.8 Å². The van der Waals surface area contributed by atoms with Crippen LogP contribution in [0.15, 0.2) is 48.7 Å². The van der Waals surface area contributed by atoms with Gasteiger partial charge < -0.3 is 25.7 Å². The molecule has 1 aliphatic carbocycles. The lowest BCUT2D eigenvalue weighted by Crippen LogP contribution is -2.58. The number of piperidine rings is 1. The number of carbonyl (C=O) groups excluding carboxylic acids is 3. The zero-order chi connectivity index (χ0) is 29.4. The Morgan fingerprint density at radius 3 is 2.63 bits per heavy atom. The molecule has 5 rings (SSSR count). The third kappa shape index (κ3) is 5.86. The van der Waals surface area contributed by atoms with Crippen LogP contribution in [-0.2, 0) is 31.0 Å². The molecule has 0 bridgehead atoms. The average Bonchev–Trinajstić information content (AvgIpc) is 3.46. The van der Waals surface area contributed by atoms with Gasteiger partial charge in [-0.15, -0.1) is 0 Å². The number of rotatable bonds is 8. The van der Waals surface area contributed by atoms with Gasteiger partial charge in [0.25, 0.3) is 0 Å². The van der Waals surface area contributed by atoms with E-state index in [-0.39, 0.29) is 35.4 Å². The van der Waals surface area contributed by atoms with Gasteiger partial charge >= 0.3 is 5.97 Å². The highest BCUT2D eigenvalue weighted by atomic mass is 19.1. The number of hydrogen-bond acceptors (Lipinski definition) is 5. The summed E-state index contributed by atoms with van der Waals surface area (Å²) in [7, 11) is 0. The van der Waals surface area contributed by atoms with E-state index in [0.717, 1.165) is 30.3 Å². The van der Waals surface area contributed by atoms with Crippen LogP contribution in [0.3, 0.4) is 0 Å². The van der Waals surface area contributed by atoms with Crippen molar-refractivity contribution < 1.29 is 23.5 Å². The molecule has 4 N–H and O–H groups in total. The monoisotopic (exact) mass is 562 g/mol. The SMILES string of the molecule is CCOC(=O)CC1CC2(CCN(C(=O)C(Cc3c[nH]c4ccc(F)cc34)NC(=O)C(C)(C)N)CC2)c2ccccc21. The van der Waals surface area contributed by atoms with Crippen molar-refractivity contribution in [1.29, 1.82) is 0 Å². The van der Waals surface area contributed by atoms with Crippen LogP contribution >= 0.6 is 0 Å². The molecular weight excluding hydrogens is 523 g/mol. The van der Waals surface area contributed by atoms with Gasteiger partial charge in [0, 0.05) is 36.6 Å². The molecule has 41 heavy (non-hydrogen) atoms. The normalized spacial score (nSPS) is 18.8. The predicted molar refractivity (Wildman–Crippen MR) is 155 cm³/mol. The van der Waals surface area contributed by atoms with Gasteiger partial charge in [-0.25, -0.2) is 4.39 Å². The fourth-order valence-electron chi connectivity index (χ4n) is 6.56. The Labute approximate surface area is 239 Å². The number of likely N-dealkylation sites (tertiary alicyclic amines) is 1. The van der Waals surface area contributed by atoms with E-state index >= 15 is 0 Å². The first-order valence-corrected chi connectivity index (χ1v) is 14.4. The highest BCUT2D eigenvalue weighted by Crippen LogP contribution is 2.52. The van der Waals surface area contributed by atoms with Crippen molar-refractivity contribution in [3.63, 3.8) is 0 Å². The number of esters is 1. The Bertz CT molecular complexity index is 1450. The first-order chi connectivity index (χ1) is 19.5. The zero-order valence-electron chi connectivity index (χ0n) is 24.0. The van der Waals surface area contributed by atoms with Gasteiger partial charge in [0.1, 0.15) is 11.9 Å². The number of ether oxygens (including phenoxy) is 1. The fraction of sp³-hybridized carbons (Fsp3) is 0.469. The van der Waals surface area contributed by atoms with Crippen LogP contribution in [0.1, 0.15) is 69.1 Å². The van der Waals surface area contributed by atoms with Gasteiger partial charge in [0.15, 0.2) is 0 Å². The molecule has 2 atom stereocenters. The maximum Gasteiger partial charge on any atom is 0.306 e. The number of nitrogens with one attached hydrogen (secondary N) is 2. The topological polar surface area (TPSA) is 118 Å². The van der Waals surface area contributed by atoms with Crippen molar-refractivity contribution in [2.24, 2.45) is 5.73 Å². The van der Waals surface area contributed by atoms with E-state index in [1.54, 1.807) is 26.1 Å². The number of carbonyl (C=O) groups is 3. The Kier molecular flexibility index (Phi) is 7.92. The standard InChI is InChI=1S/C32H39FN4O4/c1-4-41-28(38)16-20-18-32(25-8-6-5-7-23(20)25)11-13-37(14-12-32)29(39)27(36-30(40)31(2,3)34)15-21-19-35-26-10-9-22(33)17-24(21)26/h5-10,17,19-20,27,35H,4,11-16,18,34H2,1-3H3,(H,36,40). The molecule has 3 aromatic rings. The number of amides is 2. The second-order valence-corrected chi connectivity index (χ2v) is 12.1. The molecule has 2 aromatic carbocycles. The van der Waals surface area contributed by atoms with Crippen molar-refractivity contribution >= 4 is 28.7 Å². The highest BCUT2D eigenvalue weighted by Gasteiger charge is 2.47. The minimum absolute atomic E-state index is 0.0913. The van der Waals surface area contributed by atoms with Gasteiger partial charge in [-0.1, -0.05) is 24.3 Å². The van der Waals surface area contributed by atoms with Crippen molar-refractivity contribution in [1.82, 2.24) is 15.2 Å². The predicted octanol–water partition coefficient (Wildman–Crippen LogP) is 4.07. The van der Waals surface area contributed by atoms with Crippen LogP contribution in [0.2, 0.25) is 0 Å². The molecule has 2 aliphatic rings. The second kappa shape index (κ2) is 11.3. The number of halogens is 1. The van der Waals surface area contributed by atoms with Gasteiger partial charge in [0.2, 0.25) is 11.8 Å². The van der Waals surface area contributed by atoms with E-state index in [1.807, 2.05) is 24.0 Å². The fourth-order valence-corrected chi connectivity index (χ4v) is 6.56. The summed E-state index contributed by atoms with van der Waals surface area (Å²) in [6.07, 6.45) is 4.68. The summed E-state index contributed by atoms with van der Waals surface area (Å²) in [5.41, 5.74) is 8.73. The van der Waals surface area contributed by atoms with E-state index in [2.05, 4.69) is 22.4 Å². The van der Waals surface area contributed by atoms with E-state index < -0.39 is 17.5 Å². The lowest BCUT2D eigenvalue weighted by Gasteiger charge is -2.41. The maximum absolute atomic E-state index is 14.0. The number of H-pyrrole nitrogens is 1. The molecule has 8 nitrogen and oxygen atoms in total. The number of fused-ring (bicyclic) bond motifs is 3. The summed E-state index contributed by atoms with van der Waals surface area (Å²) in [4.78, 5) is 44.1. The van der Waals surface area contributed by atoms with E-state index in [9.17, 15) is 18.8 Å². The smallest absolute Gasteiger partial charge is 0.306 e. The summed E-state index contributed by atoms with van der Waals surface area (Å²) in [5, 5.41) is 3.55. The quantitative estimate of drug-likeness (QED) is 0.358. The Hall–Kier alpha value is -3.72. The summed E-state index contributed by atoms with van der Waals surface area (Å²) < 4.78 is 19.3. The highest BCUT2D eigenvalue weighted by molar-refractivity contribution is 5.92. The molecule has 1 spiro atoms. The third-order valence-electron chi connectivity index (χ3n) is 8.70. The number of aromatic amines is 1. The molecule has 1 aromatic heterocycles. The van der Waals surface area contributed by atoms with Crippen molar-refractivity contribution in [3.05, 3.63) is 71.2 Å². The third-order valence-corrected chi connectivity index (χ3v) is 8.70. The largest absolute Gasteiger partial charge is 0.466 e. The molecule has 2 heterocycles. The molecule has 0 radical (unpaired) electrons. The zero-order valence-corrected chi connectivity index (χ0v) is 24.0. The molecule has 2 unspecified atom stereocenters.